The van der Waals surface area contributed by atoms with E-state index in [4.69, 9.17) is 4.52 Å². The summed E-state index contributed by atoms with van der Waals surface area (Å²) < 4.78 is 5.32. The third kappa shape index (κ3) is 3.24. The molecule has 0 bridgehead atoms. The van der Waals surface area contributed by atoms with Crippen LogP contribution in [0.25, 0.3) is 22.4 Å². The van der Waals surface area contributed by atoms with E-state index in [0.29, 0.717) is 29.7 Å². The quantitative estimate of drug-likeness (QED) is 0.580. The smallest absolute Gasteiger partial charge is 0.233 e. The molecular weight excluding hydrogens is 340 g/mol. The summed E-state index contributed by atoms with van der Waals surface area (Å²) in [4.78, 5) is 19.3. The summed E-state index contributed by atoms with van der Waals surface area (Å²) >= 11 is 1.48. The second-order valence-electron chi connectivity index (χ2n) is 5.46. The summed E-state index contributed by atoms with van der Waals surface area (Å²) in [5.74, 6) is 1.60. The van der Waals surface area contributed by atoms with Crippen molar-refractivity contribution in [3.8, 4) is 22.4 Å². The highest BCUT2D eigenvalue weighted by Gasteiger charge is 2.13. The van der Waals surface area contributed by atoms with Gasteiger partial charge in [-0.2, -0.15) is 10.1 Å². The van der Waals surface area contributed by atoms with Crippen LogP contribution in [-0.2, 0) is 6.42 Å². The summed E-state index contributed by atoms with van der Waals surface area (Å²) in [5.41, 5.74) is 2.51. The second kappa shape index (κ2) is 6.40. The van der Waals surface area contributed by atoms with E-state index in [9.17, 15) is 0 Å². The normalized spacial score (nSPS) is 11.0. The van der Waals surface area contributed by atoms with E-state index in [-0.39, 0.29) is 0 Å². The molecule has 0 unspecified atom stereocenters. The molecule has 0 saturated heterocycles. The van der Waals surface area contributed by atoms with Crippen LogP contribution in [0.1, 0.15) is 11.6 Å². The van der Waals surface area contributed by atoms with Gasteiger partial charge in [0.1, 0.15) is 12.0 Å². The van der Waals surface area contributed by atoms with E-state index in [0.717, 1.165) is 16.4 Å². The Morgan fingerprint density at radius 3 is 2.84 bits per heavy atom. The van der Waals surface area contributed by atoms with E-state index < -0.39 is 0 Å². The lowest BCUT2D eigenvalue weighted by Crippen LogP contribution is -2.08. The van der Waals surface area contributed by atoms with Crippen molar-refractivity contribution in [1.82, 2.24) is 35.3 Å². The van der Waals surface area contributed by atoms with Gasteiger partial charge in [-0.15, -0.1) is 11.3 Å². The average molecular weight is 354 g/mol. The molecule has 10 heteroatoms. The van der Waals surface area contributed by atoms with Crippen LogP contribution < -0.4 is 4.90 Å². The minimum absolute atomic E-state index is 0.452. The SMILES string of the molecule is CN(C)c1ccc(-c2noc(Cc3csc(-c4ncn[nH]4)n3)n2)nc1. The number of hydrogen-bond acceptors (Lipinski definition) is 9. The zero-order valence-corrected chi connectivity index (χ0v) is 14.4. The van der Waals surface area contributed by atoms with Gasteiger partial charge in [-0.3, -0.25) is 10.1 Å². The molecule has 9 nitrogen and oxygen atoms in total. The van der Waals surface area contributed by atoms with Gasteiger partial charge in [-0.05, 0) is 12.1 Å². The van der Waals surface area contributed by atoms with Gasteiger partial charge >= 0.3 is 0 Å². The number of H-pyrrole nitrogens is 1. The molecule has 0 aliphatic heterocycles. The first-order valence-corrected chi connectivity index (χ1v) is 8.33. The zero-order valence-electron chi connectivity index (χ0n) is 13.5. The predicted octanol–water partition coefficient (Wildman–Crippen LogP) is 2.03. The number of aromatic amines is 1. The highest BCUT2D eigenvalue weighted by molar-refractivity contribution is 7.13. The topological polar surface area (TPSA) is 110 Å². The van der Waals surface area contributed by atoms with Crippen molar-refractivity contribution >= 4 is 17.0 Å². The van der Waals surface area contributed by atoms with Crippen molar-refractivity contribution in [3.63, 3.8) is 0 Å². The fraction of sp³-hybridized carbons (Fsp3) is 0.200. The molecule has 126 valence electrons. The number of nitrogens with one attached hydrogen (secondary N) is 1. The van der Waals surface area contributed by atoms with Gasteiger partial charge in [0, 0.05) is 19.5 Å². The third-order valence-electron chi connectivity index (χ3n) is 3.46. The predicted molar refractivity (Wildman–Crippen MR) is 92.2 cm³/mol. The number of pyridine rings is 1. The maximum Gasteiger partial charge on any atom is 0.233 e. The molecule has 1 N–H and O–H groups in total. The van der Waals surface area contributed by atoms with Crippen LogP contribution in [0, 0.1) is 0 Å². The number of aromatic nitrogens is 7. The molecule has 0 fully saturated rings. The summed E-state index contributed by atoms with van der Waals surface area (Å²) in [5, 5.41) is 13.3. The van der Waals surface area contributed by atoms with E-state index >= 15 is 0 Å². The largest absolute Gasteiger partial charge is 0.376 e. The van der Waals surface area contributed by atoms with Crippen LogP contribution in [-0.4, -0.2) is 49.4 Å². The van der Waals surface area contributed by atoms with Crippen molar-refractivity contribution in [3.05, 3.63) is 41.6 Å². The standard InChI is InChI=1S/C15H14N8OS/c1-23(2)10-3-4-11(16-6-10)13-20-12(24-22-13)5-9-7-25-15(19-9)14-17-8-18-21-14/h3-4,6-8H,5H2,1-2H3,(H,17,18,21). The summed E-state index contributed by atoms with van der Waals surface area (Å²) in [6.07, 6.45) is 3.68. The van der Waals surface area contributed by atoms with Gasteiger partial charge in [0.05, 0.1) is 24.0 Å². The van der Waals surface area contributed by atoms with Crippen molar-refractivity contribution in [2.24, 2.45) is 0 Å². The van der Waals surface area contributed by atoms with Gasteiger partial charge in [-0.1, -0.05) is 5.16 Å². The van der Waals surface area contributed by atoms with Crippen molar-refractivity contribution < 1.29 is 4.52 Å². The molecule has 0 atom stereocenters. The summed E-state index contributed by atoms with van der Waals surface area (Å²) in [6, 6.07) is 3.83. The molecule has 0 aliphatic carbocycles. The van der Waals surface area contributed by atoms with Crippen molar-refractivity contribution in [2.75, 3.05) is 19.0 Å². The number of anilines is 1. The van der Waals surface area contributed by atoms with E-state index in [2.05, 4.69) is 35.3 Å². The van der Waals surface area contributed by atoms with Crippen LogP contribution in [0.15, 0.2) is 34.6 Å². The van der Waals surface area contributed by atoms with Crippen molar-refractivity contribution in [2.45, 2.75) is 6.42 Å². The Morgan fingerprint density at radius 2 is 2.12 bits per heavy atom. The van der Waals surface area contributed by atoms with E-state index in [1.54, 1.807) is 6.20 Å². The monoisotopic (exact) mass is 354 g/mol. The fourth-order valence-corrected chi connectivity index (χ4v) is 2.94. The number of rotatable bonds is 5. The van der Waals surface area contributed by atoms with Crippen molar-refractivity contribution in [1.29, 1.82) is 0 Å². The minimum Gasteiger partial charge on any atom is -0.376 e. The molecule has 4 heterocycles. The van der Waals surface area contributed by atoms with Gasteiger partial charge in [0.15, 0.2) is 10.8 Å². The Labute approximate surface area is 146 Å². The molecule has 4 aromatic heterocycles. The highest BCUT2D eigenvalue weighted by Crippen LogP contribution is 2.22. The van der Waals surface area contributed by atoms with Crippen LogP contribution in [0.4, 0.5) is 5.69 Å². The number of thiazole rings is 1. The minimum atomic E-state index is 0.452. The zero-order chi connectivity index (χ0) is 17.2. The molecule has 0 amide bonds. The van der Waals surface area contributed by atoms with E-state index in [1.807, 2.05) is 36.5 Å². The maximum atomic E-state index is 5.32. The molecule has 4 aromatic rings. The first kappa shape index (κ1) is 15.4. The van der Waals surface area contributed by atoms with Crippen LogP contribution >= 0.6 is 11.3 Å². The first-order chi connectivity index (χ1) is 12.2. The Hall–Kier alpha value is -3.14. The van der Waals surface area contributed by atoms with Crippen LogP contribution in [0.5, 0.6) is 0 Å². The molecule has 4 rings (SSSR count). The third-order valence-corrected chi connectivity index (χ3v) is 4.36. The fourth-order valence-electron chi connectivity index (χ4n) is 2.17. The van der Waals surface area contributed by atoms with Crippen LogP contribution in [0.2, 0.25) is 0 Å². The highest BCUT2D eigenvalue weighted by atomic mass is 32.1. The first-order valence-electron chi connectivity index (χ1n) is 7.45. The number of hydrogen-bond donors (Lipinski definition) is 1. The maximum absolute atomic E-state index is 5.32. The summed E-state index contributed by atoms with van der Waals surface area (Å²) in [6.45, 7) is 0. The Balaban J connectivity index is 1.50. The Morgan fingerprint density at radius 1 is 1.20 bits per heavy atom. The lowest BCUT2D eigenvalue weighted by atomic mass is 10.3. The van der Waals surface area contributed by atoms with E-state index in [1.165, 1.54) is 17.7 Å². The molecular formula is C15H14N8OS. The van der Waals surface area contributed by atoms with Crippen LogP contribution in [0.3, 0.4) is 0 Å². The lowest BCUT2D eigenvalue weighted by molar-refractivity contribution is 0.385. The Bertz CT molecular complexity index is 958. The molecule has 0 saturated carbocycles. The average Bonchev–Trinajstić information content (AvgIpc) is 3.37. The number of nitrogens with zero attached hydrogens (tertiary/aromatic N) is 7. The van der Waals surface area contributed by atoms with Gasteiger partial charge in [-0.25, -0.2) is 9.97 Å². The molecule has 25 heavy (non-hydrogen) atoms. The second-order valence-corrected chi connectivity index (χ2v) is 6.32. The lowest BCUT2D eigenvalue weighted by Gasteiger charge is -2.10. The molecule has 0 radical (unpaired) electrons. The van der Waals surface area contributed by atoms with Gasteiger partial charge < -0.3 is 9.42 Å². The molecule has 0 spiro atoms. The van der Waals surface area contributed by atoms with Gasteiger partial charge in [0.2, 0.25) is 11.7 Å². The molecule has 0 aliphatic rings. The Kier molecular flexibility index (Phi) is 3.94. The van der Waals surface area contributed by atoms with Gasteiger partial charge in [0.25, 0.3) is 0 Å². The molecule has 0 aromatic carbocycles. The summed E-state index contributed by atoms with van der Waals surface area (Å²) in [7, 11) is 3.92.